The van der Waals surface area contributed by atoms with Gasteiger partial charge in [-0.05, 0) is 36.8 Å². The van der Waals surface area contributed by atoms with E-state index in [1.54, 1.807) is 12.5 Å². The molecule has 19 heavy (non-hydrogen) atoms. The Kier molecular flexibility index (Phi) is 4.76. The topological polar surface area (TPSA) is 52.7 Å². The van der Waals surface area contributed by atoms with Crippen molar-refractivity contribution in [3.63, 3.8) is 0 Å². The molecule has 3 N–H and O–H groups in total. The van der Waals surface area contributed by atoms with E-state index >= 15 is 0 Å². The van der Waals surface area contributed by atoms with Gasteiger partial charge in [-0.3, -0.25) is 0 Å². The van der Waals surface area contributed by atoms with Crippen LogP contribution in [-0.2, 0) is 6.42 Å². The summed E-state index contributed by atoms with van der Waals surface area (Å²) in [6.07, 6.45) is 4.32. The lowest BCUT2D eigenvalue weighted by atomic mass is 10.2. The molecule has 0 spiro atoms. The molecule has 6 heteroatoms. The molecule has 1 heterocycles. The number of H-pyrrole nitrogens is 1. The Balaban J connectivity index is 1.82. The van der Waals surface area contributed by atoms with Gasteiger partial charge in [0.2, 0.25) is 0 Å². The van der Waals surface area contributed by atoms with Crippen LogP contribution in [0, 0.1) is 6.92 Å². The van der Waals surface area contributed by atoms with Crippen LogP contribution in [0.1, 0.15) is 11.3 Å². The highest BCUT2D eigenvalue weighted by atomic mass is 35.5. The number of anilines is 1. The lowest BCUT2D eigenvalue weighted by Gasteiger charge is -2.12. The summed E-state index contributed by atoms with van der Waals surface area (Å²) in [6, 6.07) is 5.70. The summed E-state index contributed by atoms with van der Waals surface area (Å²) >= 11 is 11.3. The Morgan fingerprint density at radius 2 is 2.32 bits per heavy atom. The van der Waals surface area contributed by atoms with Crippen molar-refractivity contribution >= 4 is 34.6 Å². The first-order chi connectivity index (χ1) is 9.16. The first-order valence-electron chi connectivity index (χ1n) is 5.94. The van der Waals surface area contributed by atoms with E-state index in [1.165, 1.54) is 0 Å². The Morgan fingerprint density at radius 3 is 3.05 bits per heavy atom. The second-order valence-corrected chi connectivity index (χ2v) is 4.94. The number of nitrogens with one attached hydrogen (secondary N) is 3. The molecule has 2 rings (SSSR count). The summed E-state index contributed by atoms with van der Waals surface area (Å²) in [4.78, 5) is 7.01. The van der Waals surface area contributed by atoms with Crippen molar-refractivity contribution in [1.29, 1.82) is 0 Å². The maximum Gasteiger partial charge on any atom is 0.170 e. The summed E-state index contributed by atoms with van der Waals surface area (Å²) in [6.45, 7) is 2.70. The van der Waals surface area contributed by atoms with Gasteiger partial charge >= 0.3 is 0 Å². The second-order valence-electron chi connectivity index (χ2n) is 4.12. The van der Waals surface area contributed by atoms with Crippen molar-refractivity contribution in [2.24, 2.45) is 0 Å². The highest BCUT2D eigenvalue weighted by Gasteiger charge is 2.03. The van der Waals surface area contributed by atoms with Crippen LogP contribution < -0.4 is 10.6 Å². The van der Waals surface area contributed by atoms with Crippen LogP contribution in [0.4, 0.5) is 5.69 Å². The van der Waals surface area contributed by atoms with E-state index in [1.807, 2.05) is 25.1 Å². The second kappa shape index (κ2) is 6.54. The number of rotatable bonds is 4. The normalized spacial score (nSPS) is 10.2. The Bertz CT molecular complexity index is 554. The Morgan fingerprint density at radius 1 is 1.47 bits per heavy atom. The molecule has 0 saturated heterocycles. The van der Waals surface area contributed by atoms with Crippen LogP contribution in [-0.4, -0.2) is 21.6 Å². The zero-order valence-electron chi connectivity index (χ0n) is 10.5. The number of benzene rings is 1. The standard InChI is InChI=1S/C13H15ClN4S/c1-9-11(14)3-2-4-12(9)18-13(19)16-6-5-10-7-15-8-17-10/h2-4,7-8H,5-6H2,1H3,(H,15,17)(H2,16,18,19). The lowest BCUT2D eigenvalue weighted by Crippen LogP contribution is -2.30. The van der Waals surface area contributed by atoms with Crippen LogP contribution in [0.5, 0.6) is 0 Å². The predicted octanol–water partition coefficient (Wildman–Crippen LogP) is 2.90. The smallest absolute Gasteiger partial charge is 0.170 e. The van der Waals surface area contributed by atoms with Crippen LogP contribution in [0.15, 0.2) is 30.7 Å². The monoisotopic (exact) mass is 294 g/mol. The maximum atomic E-state index is 6.05. The van der Waals surface area contributed by atoms with Gasteiger partial charge in [0.25, 0.3) is 0 Å². The molecule has 0 aliphatic heterocycles. The van der Waals surface area contributed by atoms with Gasteiger partial charge in [-0.15, -0.1) is 0 Å². The fourth-order valence-electron chi connectivity index (χ4n) is 1.64. The van der Waals surface area contributed by atoms with E-state index in [-0.39, 0.29) is 0 Å². The SMILES string of the molecule is Cc1c(Cl)cccc1NC(=S)NCCc1cnc[nH]1. The average Bonchev–Trinajstić information content (AvgIpc) is 2.88. The highest BCUT2D eigenvalue weighted by Crippen LogP contribution is 2.22. The highest BCUT2D eigenvalue weighted by molar-refractivity contribution is 7.80. The fourth-order valence-corrected chi connectivity index (χ4v) is 2.03. The number of thiocarbonyl (C=S) groups is 1. The zero-order valence-corrected chi connectivity index (χ0v) is 12.1. The van der Waals surface area contributed by atoms with Gasteiger partial charge in [0.1, 0.15) is 0 Å². The first-order valence-corrected chi connectivity index (χ1v) is 6.72. The van der Waals surface area contributed by atoms with Crippen molar-refractivity contribution < 1.29 is 0 Å². The van der Waals surface area contributed by atoms with Crippen molar-refractivity contribution in [2.45, 2.75) is 13.3 Å². The summed E-state index contributed by atoms with van der Waals surface area (Å²) in [5, 5.41) is 7.60. The van der Waals surface area contributed by atoms with E-state index < -0.39 is 0 Å². The molecule has 0 fully saturated rings. The minimum atomic E-state index is 0.588. The molecule has 0 aliphatic rings. The summed E-state index contributed by atoms with van der Waals surface area (Å²) < 4.78 is 0. The van der Waals surface area contributed by atoms with Crippen molar-refractivity contribution in [2.75, 3.05) is 11.9 Å². The molecule has 0 radical (unpaired) electrons. The molecule has 4 nitrogen and oxygen atoms in total. The molecule has 100 valence electrons. The molecule has 0 unspecified atom stereocenters. The van der Waals surface area contributed by atoms with E-state index in [0.717, 1.165) is 34.9 Å². The fraction of sp³-hybridized carbons (Fsp3) is 0.231. The van der Waals surface area contributed by atoms with Gasteiger partial charge in [0, 0.05) is 35.6 Å². The minimum absolute atomic E-state index is 0.588. The predicted molar refractivity (Wildman–Crippen MR) is 82.7 cm³/mol. The quantitative estimate of drug-likeness (QED) is 0.759. The molecule has 1 aromatic carbocycles. The van der Waals surface area contributed by atoms with Gasteiger partial charge in [0.05, 0.1) is 6.33 Å². The number of nitrogens with zero attached hydrogens (tertiary/aromatic N) is 1. The lowest BCUT2D eigenvalue weighted by molar-refractivity contribution is 0.853. The third kappa shape index (κ3) is 3.94. The Labute approximate surface area is 122 Å². The van der Waals surface area contributed by atoms with E-state index in [2.05, 4.69) is 20.6 Å². The molecular weight excluding hydrogens is 280 g/mol. The van der Waals surface area contributed by atoms with E-state index in [0.29, 0.717) is 5.11 Å². The third-order valence-electron chi connectivity index (χ3n) is 2.75. The van der Waals surface area contributed by atoms with Gasteiger partial charge in [-0.1, -0.05) is 17.7 Å². The van der Waals surface area contributed by atoms with Gasteiger partial charge in [0.15, 0.2) is 5.11 Å². The van der Waals surface area contributed by atoms with E-state index in [4.69, 9.17) is 23.8 Å². The van der Waals surface area contributed by atoms with Gasteiger partial charge in [-0.2, -0.15) is 0 Å². The molecular formula is C13H15ClN4S. The number of imidazole rings is 1. The van der Waals surface area contributed by atoms with Crippen molar-refractivity contribution in [3.05, 3.63) is 47.0 Å². The molecule has 1 aromatic heterocycles. The molecule has 0 saturated carbocycles. The van der Waals surface area contributed by atoms with Gasteiger partial charge < -0.3 is 15.6 Å². The molecule has 0 bridgehead atoms. The average molecular weight is 295 g/mol. The minimum Gasteiger partial charge on any atom is -0.362 e. The Hall–Kier alpha value is -1.59. The van der Waals surface area contributed by atoms with Crippen LogP contribution in [0.2, 0.25) is 5.02 Å². The van der Waals surface area contributed by atoms with Crippen molar-refractivity contribution in [1.82, 2.24) is 15.3 Å². The first kappa shape index (κ1) is 13.8. The van der Waals surface area contributed by atoms with Crippen LogP contribution in [0.3, 0.4) is 0 Å². The third-order valence-corrected chi connectivity index (χ3v) is 3.41. The largest absolute Gasteiger partial charge is 0.362 e. The number of aromatic nitrogens is 2. The van der Waals surface area contributed by atoms with Crippen molar-refractivity contribution in [3.8, 4) is 0 Å². The van der Waals surface area contributed by atoms with Gasteiger partial charge in [-0.25, -0.2) is 4.98 Å². The van der Waals surface area contributed by atoms with E-state index in [9.17, 15) is 0 Å². The summed E-state index contributed by atoms with van der Waals surface area (Å²) in [5.74, 6) is 0. The number of hydrogen-bond donors (Lipinski definition) is 3. The molecule has 0 aliphatic carbocycles. The van der Waals surface area contributed by atoms with Crippen LogP contribution >= 0.6 is 23.8 Å². The van der Waals surface area contributed by atoms with Crippen LogP contribution in [0.25, 0.3) is 0 Å². The molecule has 0 amide bonds. The number of halogens is 1. The number of aromatic amines is 1. The summed E-state index contributed by atoms with van der Waals surface area (Å²) in [7, 11) is 0. The summed E-state index contributed by atoms with van der Waals surface area (Å²) in [5.41, 5.74) is 2.99. The zero-order chi connectivity index (χ0) is 13.7. The maximum absolute atomic E-state index is 6.05. The molecule has 2 aromatic rings. The number of hydrogen-bond acceptors (Lipinski definition) is 2. The molecule has 0 atom stereocenters.